The molecule has 1 aromatic carbocycles. The largest absolute Gasteiger partial charge is 1.00 e. The van der Waals surface area contributed by atoms with Gasteiger partial charge >= 0.3 is 29.6 Å². The third-order valence-corrected chi connectivity index (χ3v) is 6.25. The van der Waals surface area contributed by atoms with E-state index in [-0.39, 0.29) is 29.6 Å². The second-order valence-corrected chi connectivity index (χ2v) is 9.06. The predicted octanol–water partition coefficient (Wildman–Crippen LogP) is 4.21. The van der Waals surface area contributed by atoms with E-state index in [1.54, 1.807) is 0 Å². The molecule has 0 bridgehead atoms. The van der Waals surface area contributed by atoms with Crippen LogP contribution in [0.5, 0.6) is 0 Å². The Hall–Kier alpha value is -0.0800. The van der Waals surface area contributed by atoms with Crippen molar-refractivity contribution < 1.29 is 44.2 Å². The molecule has 0 aliphatic rings. The Bertz CT molecular complexity index is 684. The fraction of sp³-hybridized carbons (Fsp3) is 0.708. The number of aromatic amines is 1. The molecule has 0 saturated heterocycles. The smallest absolute Gasteiger partial charge is 0.691 e. The second kappa shape index (κ2) is 19.4. The van der Waals surface area contributed by atoms with Crippen LogP contribution >= 0.6 is 12.0 Å². The van der Waals surface area contributed by atoms with Gasteiger partial charge in [0, 0.05) is 11.3 Å². The number of nitrogens with one attached hydrogen (secondary N) is 1. The molecule has 5 nitrogen and oxygen atoms in total. The van der Waals surface area contributed by atoms with Gasteiger partial charge in [-0.1, -0.05) is 96.8 Å². The van der Waals surface area contributed by atoms with Gasteiger partial charge < -0.3 is 10.2 Å². The van der Waals surface area contributed by atoms with E-state index in [0.717, 1.165) is 40.2 Å². The van der Waals surface area contributed by atoms with Crippen molar-refractivity contribution in [3.8, 4) is 0 Å². The molecule has 1 heterocycles. The monoisotopic (exact) mass is 458 g/mol. The van der Waals surface area contributed by atoms with E-state index in [2.05, 4.69) is 26.3 Å². The van der Waals surface area contributed by atoms with Crippen LogP contribution in [0.15, 0.2) is 23.1 Å². The van der Waals surface area contributed by atoms with Gasteiger partial charge in [0.15, 0.2) is 0 Å². The summed E-state index contributed by atoms with van der Waals surface area (Å²) in [5, 5.41) is 13.3. The molecule has 0 saturated carbocycles. The number of H-pyrrole nitrogens is 1. The number of hydrogen-bond donors (Lipinski definition) is 1. The number of aryl methyl sites for hydroxylation is 1. The van der Waals surface area contributed by atoms with Gasteiger partial charge in [0.05, 0.1) is 23.1 Å². The predicted molar refractivity (Wildman–Crippen MR) is 123 cm³/mol. The number of nitrogens with zero attached hydrogens (tertiary/aromatic N) is 1. The minimum Gasteiger partial charge on any atom is -0.691 e. The molecule has 1 aromatic heterocycles. The first-order valence-corrected chi connectivity index (χ1v) is 12.7. The zero-order valence-electron chi connectivity index (χ0n) is 19.6. The molecule has 0 fully saturated rings. The second-order valence-electron chi connectivity index (χ2n) is 8.28. The Balaban J connectivity index is 0.00000480. The Kier molecular flexibility index (Phi) is 18.1. The fourth-order valence-corrected chi connectivity index (χ4v) is 4.32. The number of aromatic nitrogens is 2. The fourth-order valence-electron chi connectivity index (χ4n) is 3.93. The standard InChI is InChI=1S/C24H40N2O3S.Na/c1-2-3-4-5-6-7-8-9-10-11-12-13-14-15-16-17-24-25-22-19-18-21(30-29-28-27)20-23(22)26-24;/h18-20,27H,2-17H2,1H3,(H,25,26);/q;+1/p-1. The maximum absolute atomic E-state index is 9.93. The van der Waals surface area contributed by atoms with Crippen molar-refractivity contribution >= 4 is 23.1 Å². The maximum atomic E-state index is 9.93. The molecule has 0 amide bonds. The van der Waals surface area contributed by atoms with Crippen LogP contribution in [0.4, 0.5) is 0 Å². The average molecular weight is 459 g/mol. The van der Waals surface area contributed by atoms with E-state index in [1.165, 1.54) is 96.3 Å². The summed E-state index contributed by atoms with van der Waals surface area (Å²) in [6.45, 7) is 2.28. The van der Waals surface area contributed by atoms with Crippen molar-refractivity contribution in [2.45, 2.75) is 115 Å². The molecule has 0 aliphatic heterocycles. The summed E-state index contributed by atoms with van der Waals surface area (Å²) in [5.74, 6) is 1.03. The Morgan fingerprint density at radius 3 is 1.94 bits per heavy atom. The summed E-state index contributed by atoms with van der Waals surface area (Å²) < 4.78 is 4.36. The first-order chi connectivity index (χ1) is 14.8. The Morgan fingerprint density at radius 1 is 0.839 bits per heavy atom. The van der Waals surface area contributed by atoms with Gasteiger partial charge in [-0.2, -0.15) is 4.33 Å². The number of fused-ring (bicyclic) bond motifs is 1. The van der Waals surface area contributed by atoms with Crippen LogP contribution in [0.1, 0.15) is 109 Å². The first kappa shape index (κ1) is 29.0. The van der Waals surface area contributed by atoms with E-state index in [0.29, 0.717) is 0 Å². The number of benzene rings is 1. The number of unbranched alkanes of at least 4 members (excludes halogenated alkanes) is 14. The molecule has 0 aliphatic carbocycles. The zero-order valence-corrected chi connectivity index (χ0v) is 22.4. The van der Waals surface area contributed by atoms with Crippen LogP contribution in [0.3, 0.4) is 0 Å². The molecular formula is C24H39N2NaO3S. The van der Waals surface area contributed by atoms with E-state index in [1.807, 2.05) is 18.2 Å². The van der Waals surface area contributed by atoms with Gasteiger partial charge in [0.25, 0.3) is 0 Å². The minimum atomic E-state index is 0. The van der Waals surface area contributed by atoms with Crippen molar-refractivity contribution in [2.75, 3.05) is 0 Å². The van der Waals surface area contributed by atoms with Crippen molar-refractivity contribution in [3.05, 3.63) is 24.0 Å². The Morgan fingerprint density at radius 2 is 1.39 bits per heavy atom. The number of rotatable bonds is 19. The minimum absolute atomic E-state index is 0. The van der Waals surface area contributed by atoms with Crippen molar-refractivity contribution in [1.29, 1.82) is 0 Å². The summed E-state index contributed by atoms with van der Waals surface area (Å²) in [5.41, 5.74) is 1.91. The molecule has 170 valence electrons. The van der Waals surface area contributed by atoms with Crippen LogP contribution < -0.4 is 34.8 Å². The van der Waals surface area contributed by atoms with Gasteiger partial charge in [-0.25, -0.2) is 4.98 Å². The molecule has 0 radical (unpaired) electrons. The van der Waals surface area contributed by atoms with Crippen LogP contribution in [0.25, 0.3) is 11.0 Å². The normalized spacial score (nSPS) is 11.2. The molecule has 31 heavy (non-hydrogen) atoms. The van der Waals surface area contributed by atoms with Gasteiger partial charge in [0.2, 0.25) is 0 Å². The maximum Gasteiger partial charge on any atom is 1.00 e. The molecule has 7 heteroatoms. The summed E-state index contributed by atoms with van der Waals surface area (Å²) in [6.07, 6.45) is 21.7. The molecule has 2 rings (SSSR count). The van der Waals surface area contributed by atoms with Gasteiger partial charge in [-0.05, 0) is 24.6 Å². The van der Waals surface area contributed by atoms with Crippen LogP contribution in [-0.2, 0) is 15.8 Å². The van der Waals surface area contributed by atoms with Gasteiger partial charge in [-0.15, -0.1) is 0 Å². The van der Waals surface area contributed by atoms with Gasteiger partial charge in [0.1, 0.15) is 5.82 Å². The quantitative estimate of drug-likeness (QED) is 0.112. The SMILES string of the molecule is CCCCCCCCCCCCCCCCCc1nc2ccc(SOO[O-])cc2[nH]1.[Na+]. The third-order valence-electron chi connectivity index (χ3n) is 5.68. The molecule has 0 atom stereocenters. The summed E-state index contributed by atoms with van der Waals surface area (Å²) >= 11 is 0.901. The molecule has 0 unspecified atom stereocenters. The van der Waals surface area contributed by atoms with Gasteiger partial charge in [-0.3, -0.25) is 5.04 Å². The van der Waals surface area contributed by atoms with Crippen LogP contribution in [0.2, 0.25) is 0 Å². The summed E-state index contributed by atoms with van der Waals surface area (Å²) in [4.78, 5) is 8.81. The van der Waals surface area contributed by atoms with Crippen LogP contribution in [0, 0.1) is 0 Å². The van der Waals surface area contributed by atoms with E-state index < -0.39 is 0 Å². The molecule has 0 spiro atoms. The average Bonchev–Trinajstić information content (AvgIpc) is 3.17. The summed E-state index contributed by atoms with van der Waals surface area (Å²) in [6, 6.07) is 5.71. The van der Waals surface area contributed by atoms with Crippen molar-refractivity contribution in [2.24, 2.45) is 0 Å². The van der Waals surface area contributed by atoms with Crippen molar-refractivity contribution in [1.82, 2.24) is 9.97 Å². The van der Waals surface area contributed by atoms with Crippen LogP contribution in [-0.4, -0.2) is 9.97 Å². The molecule has 1 N–H and O–H groups in total. The van der Waals surface area contributed by atoms with E-state index in [9.17, 15) is 5.26 Å². The topological polar surface area (TPSA) is 70.2 Å². The molecule has 2 aromatic rings. The van der Waals surface area contributed by atoms with Crippen molar-refractivity contribution in [3.63, 3.8) is 0 Å². The number of imidazole rings is 1. The first-order valence-electron chi connectivity index (χ1n) is 12.0. The number of hydrogen-bond acceptors (Lipinski definition) is 5. The van der Waals surface area contributed by atoms with E-state index >= 15 is 0 Å². The Labute approximate surface area is 214 Å². The van der Waals surface area contributed by atoms with E-state index in [4.69, 9.17) is 0 Å². The third kappa shape index (κ3) is 13.3. The zero-order chi connectivity index (χ0) is 21.3. The molecular weight excluding hydrogens is 419 g/mol. The summed E-state index contributed by atoms with van der Waals surface area (Å²) in [7, 11) is 0.